The Hall–Kier alpha value is -3.29. The van der Waals surface area contributed by atoms with Gasteiger partial charge in [0.05, 0.1) is 12.2 Å². The van der Waals surface area contributed by atoms with Crippen molar-refractivity contribution >= 4 is 23.8 Å². The summed E-state index contributed by atoms with van der Waals surface area (Å²) in [5.41, 5.74) is 0.770. The van der Waals surface area contributed by atoms with Gasteiger partial charge in [-0.1, -0.05) is 18.9 Å². The number of hydrogen-bond donors (Lipinski definition) is 1. The average molecular weight is 383 g/mol. The first-order valence-corrected chi connectivity index (χ1v) is 9.27. The lowest BCUT2D eigenvalue weighted by atomic mass is 10.2. The largest absolute Gasteiger partial charge is 0.454 e. The smallest absolute Gasteiger partial charge is 0.331 e. The second-order valence-electron chi connectivity index (χ2n) is 6.70. The van der Waals surface area contributed by atoms with E-state index in [1.807, 2.05) is 4.68 Å². The third-order valence-electron chi connectivity index (χ3n) is 4.76. The van der Waals surface area contributed by atoms with E-state index < -0.39 is 11.9 Å². The number of nitrogens with zero attached hydrogens (tertiary/aromatic N) is 2. The minimum Gasteiger partial charge on any atom is -0.454 e. The summed E-state index contributed by atoms with van der Waals surface area (Å²) in [7, 11) is 0. The lowest BCUT2D eigenvalue weighted by Crippen LogP contribution is -2.22. The van der Waals surface area contributed by atoms with Crippen LogP contribution in [-0.2, 0) is 14.3 Å². The summed E-state index contributed by atoms with van der Waals surface area (Å²) >= 11 is 0. The van der Waals surface area contributed by atoms with Crippen LogP contribution >= 0.6 is 0 Å². The second-order valence-corrected chi connectivity index (χ2v) is 6.70. The number of ether oxygens (including phenoxy) is 3. The summed E-state index contributed by atoms with van der Waals surface area (Å²) in [5.74, 6) is 0.938. The van der Waals surface area contributed by atoms with Gasteiger partial charge in [0.1, 0.15) is 5.82 Å². The summed E-state index contributed by atoms with van der Waals surface area (Å²) in [5, 5.41) is 7.05. The third kappa shape index (κ3) is 4.16. The molecule has 1 fully saturated rings. The van der Waals surface area contributed by atoms with Gasteiger partial charge in [0.2, 0.25) is 6.79 Å². The maximum Gasteiger partial charge on any atom is 0.331 e. The van der Waals surface area contributed by atoms with Crippen molar-refractivity contribution in [3.8, 4) is 11.5 Å². The van der Waals surface area contributed by atoms with Crippen LogP contribution in [-0.4, -0.2) is 35.1 Å². The summed E-state index contributed by atoms with van der Waals surface area (Å²) in [6.07, 6.45) is 8.99. The minimum absolute atomic E-state index is 0.194. The van der Waals surface area contributed by atoms with Crippen LogP contribution in [0.2, 0.25) is 0 Å². The fraction of sp³-hybridized carbons (Fsp3) is 0.350. The summed E-state index contributed by atoms with van der Waals surface area (Å²) in [4.78, 5) is 24.0. The molecular formula is C20H21N3O5. The molecule has 1 aliphatic heterocycles. The number of benzene rings is 1. The van der Waals surface area contributed by atoms with Crippen molar-refractivity contribution in [1.82, 2.24) is 9.78 Å². The van der Waals surface area contributed by atoms with Crippen molar-refractivity contribution in [1.29, 1.82) is 0 Å². The van der Waals surface area contributed by atoms with Crippen molar-refractivity contribution in [3.63, 3.8) is 0 Å². The topological polar surface area (TPSA) is 91.7 Å². The summed E-state index contributed by atoms with van der Waals surface area (Å²) in [6.45, 7) is -0.167. The third-order valence-corrected chi connectivity index (χ3v) is 4.76. The number of amides is 1. The van der Waals surface area contributed by atoms with Crippen LogP contribution in [0, 0.1) is 0 Å². The number of esters is 1. The molecule has 1 saturated carbocycles. The van der Waals surface area contributed by atoms with Gasteiger partial charge in [-0.2, -0.15) is 5.10 Å². The molecule has 0 saturated heterocycles. The molecule has 0 bridgehead atoms. The highest BCUT2D eigenvalue weighted by molar-refractivity contribution is 5.94. The first kappa shape index (κ1) is 18.1. The molecule has 8 heteroatoms. The van der Waals surface area contributed by atoms with Crippen molar-refractivity contribution in [2.75, 3.05) is 18.7 Å². The van der Waals surface area contributed by atoms with Gasteiger partial charge in [-0.15, -0.1) is 0 Å². The van der Waals surface area contributed by atoms with Crippen molar-refractivity contribution in [2.45, 2.75) is 31.7 Å². The number of carbonyl (C=O) groups excluding carboxylic acids is 2. The van der Waals surface area contributed by atoms with Gasteiger partial charge >= 0.3 is 5.97 Å². The van der Waals surface area contributed by atoms with Crippen LogP contribution in [0.3, 0.4) is 0 Å². The Balaban J connectivity index is 1.27. The van der Waals surface area contributed by atoms with Crippen LogP contribution in [0.25, 0.3) is 6.08 Å². The normalized spacial score (nSPS) is 15.9. The van der Waals surface area contributed by atoms with E-state index in [4.69, 9.17) is 14.2 Å². The van der Waals surface area contributed by atoms with Gasteiger partial charge in [0.15, 0.2) is 18.1 Å². The molecule has 1 aromatic carbocycles. The van der Waals surface area contributed by atoms with E-state index in [1.165, 1.54) is 18.9 Å². The highest BCUT2D eigenvalue weighted by Crippen LogP contribution is 2.33. The van der Waals surface area contributed by atoms with Crippen molar-refractivity contribution in [2.24, 2.45) is 0 Å². The van der Waals surface area contributed by atoms with Crippen molar-refractivity contribution in [3.05, 3.63) is 42.1 Å². The van der Waals surface area contributed by atoms with Gasteiger partial charge in [0, 0.05) is 12.1 Å². The standard InChI is InChI=1S/C20H21N3O5/c24-19(22-18-9-10-21-23(18)15-3-1-2-4-15)12-26-20(25)8-6-14-5-7-16-17(11-14)28-13-27-16/h5-11,15H,1-4,12-13H2,(H,22,24)/b8-6+. The maximum absolute atomic E-state index is 12.1. The molecule has 0 spiro atoms. The van der Waals surface area contributed by atoms with Gasteiger partial charge in [-0.25, -0.2) is 9.48 Å². The molecule has 2 aliphatic rings. The zero-order chi connectivity index (χ0) is 19.3. The molecule has 1 amide bonds. The molecule has 1 aliphatic carbocycles. The van der Waals surface area contributed by atoms with Crippen LogP contribution < -0.4 is 14.8 Å². The van der Waals surface area contributed by atoms with Gasteiger partial charge in [0.25, 0.3) is 5.91 Å². The van der Waals surface area contributed by atoms with E-state index in [2.05, 4.69) is 10.4 Å². The van der Waals surface area contributed by atoms with E-state index in [0.717, 1.165) is 18.4 Å². The lowest BCUT2D eigenvalue weighted by molar-refractivity contribution is -0.142. The highest BCUT2D eigenvalue weighted by atomic mass is 16.7. The number of aromatic nitrogens is 2. The Morgan fingerprint density at radius 1 is 1.21 bits per heavy atom. The molecular weight excluding hydrogens is 362 g/mol. The Bertz CT molecular complexity index is 899. The van der Waals surface area contributed by atoms with Crippen LogP contribution in [0.4, 0.5) is 5.82 Å². The molecule has 0 atom stereocenters. The first-order chi connectivity index (χ1) is 13.7. The molecule has 146 valence electrons. The van der Waals surface area contributed by atoms with Gasteiger partial charge in [-0.3, -0.25) is 4.79 Å². The monoisotopic (exact) mass is 383 g/mol. The second kappa shape index (κ2) is 8.16. The SMILES string of the molecule is O=C(COC(=O)/C=C/c1ccc2c(c1)OCO2)Nc1ccnn1C1CCCC1. The Kier molecular flexibility index (Phi) is 5.27. The average Bonchev–Trinajstić information content (AvgIpc) is 3.45. The van der Waals surface area contributed by atoms with E-state index >= 15 is 0 Å². The van der Waals surface area contributed by atoms with Gasteiger partial charge in [-0.05, 0) is 36.6 Å². The molecule has 2 heterocycles. The van der Waals surface area contributed by atoms with E-state index in [1.54, 1.807) is 36.5 Å². The fourth-order valence-corrected chi connectivity index (χ4v) is 3.40. The highest BCUT2D eigenvalue weighted by Gasteiger charge is 2.20. The Labute approximate surface area is 162 Å². The number of fused-ring (bicyclic) bond motifs is 1. The predicted molar refractivity (Wildman–Crippen MR) is 101 cm³/mol. The summed E-state index contributed by atoms with van der Waals surface area (Å²) < 4.78 is 17.4. The van der Waals surface area contributed by atoms with E-state index in [0.29, 0.717) is 23.4 Å². The molecule has 0 radical (unpaired) electrons. The number of hydrogen-bond acceptors (Lipinski definition) is 6. The predicted octanol–water partition coefficient (Wildman–Crippen LogP) is 2.92. The summed E-state index contributed by atoms with van der Waals surface area (Å²) in [6, 6.07) is 7.40. The quantitative estimate of drug-likeness (QED) is 0.609. The number of nitrogens with one attached hydrogen (secondary N) is 1. The Morgan fingerprint density at radius 2 is 2.04 bits per heavy atom. The van der Waals surface area contributed by atoms with E-state index in [-0.39, 0.29) is 13.4 Å². The number of anilines is 1. The van der Waals surface area contributed by atoms with Crippen LogP contribution in [0.1, 0.15) is 37.3 Å². The van der Waals surface area contributed by atoms with Crippen LogP contribution in [0.15, 0.2) is 36.5 Å². The molecule has 2 aromatic rings. The zero-order valence-corrected chi connectivity index (χ0v) is 15.3. The van der Waals surface area contributed by atoms with Crippen molar-refractivity contribution < 1.29 is 23.8 Å². The first-order valence-electron chi connectivity index (χ1n) is 9.27. The lowest BCUT2D eigenvalue weighted by Gasteiger charge is -2.14. The number of rotatable bonds is 6. The van der Waals surface area contributed by atoms with Gasteiger partial charge < -0.3 is 19.5 Å². The molecule has 28 heavy (non-hydrogen) atoms. The minimum atomic E-state index is -0.600. The van der Waals surface area contributed by atoms with E-state index in [9.17, 15) is 9.59 Å². The Morgan fingerprint density at radius 3 is 2.89 bits per heavy atom. The fourth-order valence-electron chi connectivity index (χ4n) is 3.40. The molecule has 4 rings (SSSR count). The molecule has 8 nitrogen and oxygen atoms in total. The zero-order valence-electron chi connectivity index (χ0n) is 15.3. The van der Waals surface area contributed by atoms with Crippen LogP contribution in [0.5, 0.6) is 11.5 Å². The molecule has 1 aromatic heterocycles. The molecule has 1 N–H and O–H groups in total. The molecule has 0 unspecified atom stereocenters. The number of carbonyl (C=O) groups is 2. The maximum atomic E-state index is 12.1.